The number of rotatable bonds is 6. The van der Waals surface area contributed by atoms with Gasteiger partial charge >= 0.3 is 0 Å². The van der Waals surface area contributed by atoms with E-state index in [2.05, 4.69) is 228 Å². The minimum Gasteiger partial charge on any atom is -0.294 e. The number of fused-ring (bicyclic) bond motifs is 12. The van der Waals surface area contributed by atoms with Gasteiger partial charge < -0.3 is 0 Å². The molecular weight excluding hydrogens is 893 g/mol. The third kappa shape index (κ3) is 5.91. The molecule has 15 rings (SSSR count). The van der Waals surface area contributed by atoms with Crippen molar-refractivity contribution in [1.29, 1.82) is 0 Å². The Bertz CT molecular complexity index is 4480. The van der Waals surface area contributed by atoms with Crippen LogP contribution in [0.1, 0.15) is 0 Å². The molecule has 0 spiro atoms. The summed E-state index contributed by atoms with van der Waals surface area (Å²) in [6, 6.07) is 77.5. The van der Waals surface area contributed by atoms with Crippen molar-refractivity contribution in [2.75, 3.05) is 0 Å². The van der Waals surface area contributed by atoms with E-state index in [4.69, 9.17) is 19.9 Å². The van der Waals surface area contributed by atoms with E-state index in [0.717, 1.165) is 119 Å². The number of aromatic nitrogens is 6. The van der Waals surface area contributed by atoms with Crippen LogP contribution in [0, 0.1) is 0 Å². The van der Waals surface area contributed by atoms with E-state index in [1.165, 1.54) is 21.5 Å². The first-order valence-corrected chi connectivity index (χ1v) is 25.0. The van der Waals surface area contributed by atoms with Crippen LogP contribution in [0.3, 0.4) is 0 Å². The Labute approximate surface area is 408 Å². The van der Waals surface area contributed by atoms with Crippen molar-refractivity contribution in [2.24, 2.45) is 0 Å². The highest BCUT2D eigenvalue weighted by Gasteiger charge is 2.24. The van der Waals surface area contributed by atoms with Crippen molar-refractivity contribution in [3.63, 3.8) is 0 Å². The Morgan fingerprint density at radius 2 is 0.643 bits per heavy atom. The van der Waals surface area contributed by atoms with Crippen molar-refractivity contribution < 1.29 is 0 Å². The Balaban J connectivity index is 1.01. The van der Waals surface area contributed by atoms with Crippen LogP contribution in [-0.4, -0.2) is 29.1 Å². The van der Waals surface area contributed by atoms with Gasteiger partial charge in [0.05, 0.1) is 52.3 Å². The van der Waals surface area contributed by atoms with E-state index in [1.54, 1.807) is 22.7 Å². The molecule has 15 aromatic rings. The molecule has 70 heavy (non-hydrogen) atoms. The smallest absolute Gasteiger partial charge is 0.139 e. The van der Waals surface area contributed by atoms with Gasteiger partial charge in [0.2, 0.25) is 0 Å². The molecule has 0 bridgehead atoms. The number of pyridine rings is 4. The summed E-state index contributed by atoms with van der Waals surface area (Å²) in [5.41, 5.74) is 16.2. The predicted octanol–water partition coefficient (Wildman–Crippen LogP) is 16.9. The molecule has 0 atom stereocenters. The minimum absolute atomic E-state index is 0.776. The van der Waals surface area contributed by atoms with Gasteiger partial charge in [0.25, 0.3) is 0 Å². The maximum atomic E-state index is 5.64. The SMILES string of the molecule is c1ccc(-c2cc(-n3c4ccccc4c4ccccc43)nc3c2sc2ccc(-c4cc(-c5ccccc5)c5sc6c(-c7ccccc7)cc(-n7c8ccccc8c8ccccc87)nc6c5n4)nc23)cc1. The number of hydrogen-bond acceptors (Lipinski definition) is 6. The van der Waals surface area contributed by atoms with E-state index in [-0.39, 0.29) is 0 Å². The lowest BCUT2D eigenvalue weighted by Crippen LogP contribution is -1.99. The van der Waals surface area contributed by atoms with Gasteiger partial charge in [0.1, 0.15) is 33.7 Å². The van der Waals surface area contributed by atoms with Crippen molar-refractivity contribution in [3.05, 3.63) is 218 Å². The molecule has 0 aliphatic carbocycles. The van der Waals surface area contributed by atoms with E-state index < -0.39 is 0 Å². The van der Waals surface area contributed by atoms with E-state index in [9.17, 15) is 0 Å². The van der Waals surface area contributed by atoms with Crippen LogP contribution in [0.15, 0.2) is 218 Å². The highest BCUT2D eigenvalue weighted by molar-refractivity contribution is 7.27. The zero-order chi connectivity index (χ0) is 45.9. The molecule has 0 fully saturated rings. The van der Waals surface area contributed by atoms with Crippen LogP contribution in [0.4, 0.5) is 0 Å². The molecule has 0 aliphatic rings. The average Bonchev–Trinajstić information content (AvgIpc) is 4.19. The molecule has 7 aromatic carbocycles. The second kappa shape index (κ2) is 15.3. The monoisotopic (exact) mass is 928 g/mol. The van der Waals surface area contributed by atoms with Crippen LogP contribution in [0.2, 0.25) is 0 Å². The molecule has 8 heterocycles. The molecule has 8 aromatic heterocycles. The summed E-state index contributed by atoms with van der Waals surface area (Å²) in [7, 11) is 0. The Morgan fingerprint density at radius 3 is 1.10 bits per heavy atom. The molecule has 0 amide bonds. The van der Waals surface area contributed by atoms with Crippen LogP contribution >= 0.6 is 22.7 Å². The predicted molar refractivity (Wildman–Crippen MR) is 294 cm³/mol. The molecule has 8 heteroatoms. The lowest BCUT2D eigenvalue weighted by molar-refractivity contribution is 1.10. The van der Waals surface area contributed by atoms with Crippen LogP contribution in [0.5, 0.6) is 0 Å². The summed E-state index contributed by atoms with van der Waals surface area (Å²) in [5.74, 6) is 1.70. The van der Waals surface area contributed by atoms with E-state index >= 15 is 0 Å². The lowest BCUT2D eigenvalue weighted by Gasteiger charge is -2.11. The first-order valence-electron chi connectivity index (χ1n) is 23.4. The molecular formula is C62H36N6S2. The summed E-state index contributed by atoms with van der Waals surface area (Å²) >= 11 is 3.51. The Kier molecular flexibility index (Phi) is 8.60. The second-order valence-electron chi connectivity index (χ2n) is 17.7. The number of hydrogen-bond donors (Lipinski definition) is 0. The largest absolute Gasteiger partial charge is 0.294 e. The van der Waals surface area contributed by atoms with Crippen molar-refractivity contribution in [2.45, 2.75) is 0 Å². The zero-order valence-electron chi connectivity index (χ0n) is 37.3. The zero-order valence-corrected chi connectivity index (χ0v) is 38.9. The van der Waals surface area contributed by atoms with Crippen LogP contribution in [0.25, 0.3) is 141 Å². The van der Waals surface area contributed by atoms with Gasteiger partial charge in [0.15, 0.2) is 0 Å². The maximum absolute atomic E-state index is 5.64. The van der Waals surface area contributed by atoms with Crippen LogP contribution < -0.4 is 0 Å². The van der Waals surface area contributed by atoms with Crippen molar-refractivity contribution >= 4 is 107 Å². The van der Waals surface area contributed by atoms with Crippen molar-refractivity contribution in [1.82, 2.24) is 29.1 Å². The van der Waals surface area contributed by atoms with Gasteiger partial charge in [-0.15, -0.1) is 22.7 Å². The second-order valence-corrected chi connectivity index (χ2v) is 19.8. The van der Waals surface area contributed by atoms with Gasteiger partial charge in [-0.05, 0) is 71.3 Å². The molecule has 0 radical (unpaired) electrons. The molecule has 0 aliphatic heterocycles. The first kappa shape index (κ1) is 39.2. The third-order valence-corrected chi connectivity index (χ3v) is 16.2. The fourth-order valence-corrected chi connectivity index (χ4v) is 13.0. The van der Waals surface area contributed by atoms with Gasteiger partial charge in [-0.2, -0.15) is 0 Å². The fraction of sp³-hybridized carbons (Fsp3) is 0. The van der Waals surface area contributed by atoms with Gasteiger partial charge in [-0.3, -0.25) is 9.13 Å². The number of thiophene rings is 2. The normalized spacial score (nSPS) is 12.0. The summed E-state index contributed by atoms with van der Waals surface area (Å²) < 4.78 is 8.96. The van der Waals surface area contributed by atoms with Gasteiger partial charge in [-0.1, -0.05) is 164 Å². The van der Waals surface area contributed by atoms with Crippen LogP contribution in [-0.2, 0) is 0 Å². The highest BCUT2D eigenvalue weighted by atomic mass is 32.1. The Morgan fingerprint density at radius 1 is 0.286 bits per heavy atom. The van der Waals surface area contributed by atoms with Gasteiger partial charge in [0, 0.05) is 38.2 Å². The first-order chi connectivity index (χ1) is 34.7. The third-order valence-electron chi connectivity index (χ3n) is 13.8. The quantitative estimate of drug-likeness (QED) is 0.167. The molecule has 0 N–H and O–H groups in total. The van der Waals surface area contributed by atoms with E-state index in [0.29, 0.717) is 0 Å². The fourth-order valence-electron chi connectivity index (χ4n) is 10.6. The van der Waals surface area contributed by atoms with Crippen molar-refractivity contribution in [3.8, 4) is 56.4 Å². The number of benzene rings is 7. The summed E-state index contributed by atoms with van der Waals surface area (Å²) in [6.45, 7) is 0. The van der Waals surface area contributed by atoms with E-state index in [1.807, 2.05) is 0 Å². The summed E-state index contributed by atoms with van der Waals surface area (Å²) in [4.78, 5) is 22.4. The molecule has 0 unspecified atom stereocenters. The standard InChI is InChI=1S/C62H36N6S2/c1-4-18-37(19-5-1)44-34-48(64-58-59-62(70-61(44)58)46(39-22-8-3-9-23-39)36-55(66-59)68-51-30-16-12-26-42(51)43-27-13-17-31-52(43)68)47-32-33-53-56(63-47)57-60(69-53)45(38-20-6-2-7-21-38)35-54(65-57)67-49-28-14-10-24-40(49)41-25-11-15-29-50(41)67/h1-36H. The summed E-state index contributed by atoms with van der Waals surface area (Å²) in [5, 5.41) is 4.78. The Hall–Kier alpha value is -8.82. The maximum Gasteiger partial charge on any atom is 0.139 e. The molecule has 0 saturated carbocycles. The number of nitrogens with zero attached hydrogens (tertiary/aromatic N) is 6. The highest BCUT2D eigenvalue weighted by Crippen LogP contribution is 2.46. The molecule has 326 valence electrons. The summed E-state index contributed by atoms with van der Waals surface area (Å²) in [6.07, 6.45) is 0. The topological polar surface area (TPSA) is 61.4 Å². The minimum atomic E-state index is 0.776. The average molecular weight is 929 g/mol. The lowest BCUT2D eigenvalue weighted by atomic mass is 10.0. The molecule has 6 nitrogen and oxygen atoms in total. The van der Waals surface area contributed by atoms with Gasteiger partial charge in [-0.25, -0.2) is 19.9 Å². The molecule has 0 saturated heterocycles. The number of para-hydroxylation sites is 4.